The number of hydrogen-bond acceptors (Lipinski definition) is 2. The van der Waals surface area contributed by atoms with Crippen LogP contribution in [0.15, 0.2) is 6.07 Å². The second kappa shape index (κ2) is 6.58. The molecule has 1 N–H and O–H groups in total. The number of nitrogens with one attached hydrogen (secondary N) is 1. The predicted octanol–water partition coefficient (Wildman–Crippen LogP) is 3.76. The highest BCUT2D eigenvalue weighted by atomic mass is 35.5. The molecule has 1 aliphatic carbocycles. The molecule has 2 rings (SSSR count). The zero-order valence-corrected chi connectivity index (χ0v) is 12.4. The number of aryl methyl sites for hydroxylation is 2. The number of halogens is 1. The first-order valence-corrected chi connectivity index (χ1v) is 8.00. The molecule has 1 heterocycles. The maximum atomic E-state index is 12.0. The van der Waals surface area contributed by atoms with E-state index in [2.05, 4.69) is 18.3 Å². The molecule has 1 atom stereocenters. The molecule has 1 unspecified atom stereocenters. The fraction of sp³-hybridized carbons (Fsp3) is 0.643. The van der Waals surface area contributed by atoms with Crippen LogP contribution >= 0.6 is 22.9 Å². The van der Waals surface area contributed by atoms with Crippen LogP contribution in [-0.4, -0.2) is 17.8 Å². The first kappa shape index (κ1) is 13.9. The first-order chi connectivity index (χ1) is 8.70. The molecule has 18 heavy (non-hydrogen) atoms. The molecule has 100 valence electrons. The van der Waals surface area contributed by atoms with Gasteiger partial charge in [-0.25, -0.2) is 0 Å². The summed E-state index contributed by atoms with van der Waals surface area (Å²) in [5, 5.41) is 3.13. The summed E-state index contributed by atoms with van der Waals surface area (Å²) in [7, 11) is 0. The number of hydrogen-bond donors (Lipinski definition) is 1. The Morgan fingerprint density at radius 1 is 1.50 bits per heavy atom. The number of carbonyl (C=O) groups excluding carboxylic acids is 1. The summed E-state index contributed by atoms with van der Waals surface area (Å²) < 4.78 is 0. The van der Waals surface area contributed by atoms with Gasteiger partial charge in [0, 0.05) is 16.8 Å². The van der Waals surface area contributed by atoms with Crippen molar-refractivity contribution >= 4 is 28.8 Å². The van der Waals surface area contributed by atoms with Crippen LogP contribution in [0.5, 0.6) is 0 Å². The minimum absolute atomic E-state index is 0.0642. The Labute approximate surface area is 118 Å². The van der Waals surface area contributed by atoms with Crippen molar-refractivity contribution in [3.8, 4) is 0 Å². The average Bonchev–Trinajstić information content (AvgIpc) is 2.82. The van der Waals surface area contributed by atoms with E-state index in [4.69, 9.17) is 11.6 Å². The molecule has 1 aliphatic rings. The fourth-order valence-corrected chi connectivity index (χ4v) is 3.52. The van der Waals surface area contributed by atoms with Crippen molar-refractivity contribution in [2.75, 3.05) is 6.54 Å². The summed E-state index contributed by atoms with van der Waals surface area (Å²) in [6.07, 6.45) is 6.60. The Balaban J connectivity index is 1.87. The second-order valence-corrected chi connectivity index (χ2v) is 6.57. The van der Waals surface area contributed by atoms with Gasteiger partial charge >= 0.3 is 0 Å². The molecule has 0 aromatic carbocycles. The maximum Gasteiger partial charge on any atom is 0.261 e. The van der Waals surface area contributed by atoms with Gasteiger partial charge in [-0.1, -0.05) is 6.92 Å². The van der Waals surface area contributed by atoms with E-state index in [0.29, 0.717) is 6.54 Å². The van der Waals surface area contributed by atoms with Crippen LogP contribution in [0.3, 0.4) is 0 Å². The van der Waals surface area contributed by atoms with Crippen LogP contribution in [0, 0.1) is 0 Å². The molecular formula is C14H20ClNOS. The molecule has 0 aliphatic heterocycles. The van der Waals surface area contributed by atoms with Gasteiger partial charge in [-0.2, -0.15) is 0 Å². The van der Waals surface area contributed by atoms with Crippen molar-refractivity contribution in [1.29, 1.82) is 0 Å². The lowest BCUT2D eigenvalue weighted by atomic mass is 9.99. The van der Waals surface area contributed by atoms with E-state index in [1.807, 2.05) is 0 Å². The highest BCUT2D eigenvalue weighted by molar-refractivity contribution is 7.14. The fourth-order valence-electron chi connectivity index (χ4n) is 2.24. The summed E-state index contributed by atoms with van der Waals surface area (Å²) in [6.45, 7) is 2.73. The summed E-state index contributed by atoms with van der Waals surface area (Å²) in [5.74, 6) is 0.0642. The van der Waals surface area contributed by atoms with E-state index >= 15 is 0 Å². The van der Waals surface area contributed by atoms with Crippen LogP contribution in [0.4, 0.5) is 0 Å². The third-order valence-corrected chi connectivity index (χ3v) is 5.17. The van der Waals surface area contributed by atoms with Gasteiger partial charge in [-0.3, -0.25) is 4.79 Å². The minimum Gasteiger partial charge on any atom is -0.351 e. The molecule has 4 heteroatoms. The third-order valence-electron chi connectivity index (χ3n) is 3.41. The molecule has 0 fully saturated rings. The monoisotopic (exact) mass is 285 g/mol. The summed E-state index contributed by atoms with van der Waals surface area (Å²) in [6, 6.07) is 2.08. The van der Waals surface area contributed by atoms with E-state index in [0.717, 1.165) is 30.6 Å². The van der Waals surface area contributed by atoms with E-state index in [9.17, 15) is 4.79 Å². The summed E-state index contributed by atoms with van der Waals surface area (Å²) >= 11 is 7.69. The van der Waals surface area contributed by atoms with Crippen LogP contribution in [0.25, 0.3) is 0 Å². The van der Waals surface area contributed by atoms with Crippen molar-refractivity contribution in [2.24, 2.45) is 0 Å². The highest BCUT2D eigenvalue weighted by Crippen LogP contribution is 2.29. The Hall–Kier alpha value is -0.540. The zero-order valence-electron chi connectivity index (χ0n) is 10.8. The van der Waals surface area contributed by atoms with Gasteiger partial charge in [0.1, 0.15) is 0 Å². The van der Waals surface area contributed by atoms with E-state index < -0.39 is 0 Å². The number of fused-ring (bicyclic) bond motifs is 1. The largest absolute Gasteiger partial charge is 0.351 e. The Bertz CT molecular complexity index is 392. The molecule has 0 saturated carbocycles. The third kappa shape index (κ3) is 3.48. The Morgan fingerprint density at radius 2 is 2.28 bits per heavy atom. The summed E-state index contributed by atoms with van der Waals surface area (Å²) in [4.78, 5) is 14.3. The van der Waals surface area contributed by atoms with Gasteiger partial charge in [0.2, 0.25) is 0 Å². The number of thiophene rings is 1. The van der Waals surface area contributed by atoms with Crippen molar-refractivity contribution in [3.05, 3.63) is 21.4 Å². The predicted molar refractivity (Wildman–Crippen MR) is 77.8 cm³/mol. The number of carbonyl (C=O) groups is 1. The SMILES string of the molecule is CCC(Cl)CCNC(=O)c1cc2c(s1)CCCC2. The smallest absolute Gasteiger partial charge is 0.261 e. The van der Waals surface area contributed by atoms with E-state index in [1.165, 1.54) is 23.3 Å². The quantitative estimate of drug-likeness (QED) is 0.820. The standard InChI is InChI=1S/C14H20ClNOS/c1-2-11(15)7-8-16-14(17)13-9-10-5-3-4-6-12(10)18-13/h9,11H,2-8H2,1H3,(H,16,17). The van der Waals surface area contributed by atoms with E-state index in [1.54, 1.807) is 11.3 Å². The van der Waals surface area contributed by atoms with Crippen LogP contribution in [0.1, 0.15) is 52.7 Å². The molecule has 0 bridgehead atoms. The normalized spacial score (nSPS) is 16.1. The molecule has 0 radical (unpaired) electrons. The minimum atomic E-state index is 0.0642. The van der Waals surface area contributed by atoms with Crippen LogP contribution < -0.4 is 5.32 Å². The van der Waals surface area contributed by atoms with E-state index in [-0.39, 0.29) is 11.3 Å². The maximum absolute atomic E-state index is 12.0. The number of alkyl halides is 1. The van der Waals surface area contributed by atoms with Crippen molar-refractivity contribution in [2.45, 2.75) is 50.8 Å². The van der Waals surface area contributed by atoms with Crippen molar-refractivity contribution in [1.82, 2.24) is 5.32 Å². The summed E-state index contributed by atoms with van der Waals surface area (Å²) in [5.41, 5.74) is 1.39. The molecule has 1 aromatic heterocycles. The number of amides is 1. The van der Waals surface area contributed by atoms with Gasteiger partial charge in [0.05, 0.1) is 4.88 Å². The number of rotatable bonds is 5. The molecule has 0 saturated heterocycles. The average molecular weight is 286 g/mol. The lowest BCUT2D eigenvalue weighted by Crippen LogP contribution is -2.25. The molecule has 2 nitrogen and oxygen atoms in total. The van der Waals surface area contributed by atoms with Gasteiger partial charge in [-0.05, 0) is 50.2 Å². The molecular weight excluding hydrogens is 266 g/mol. The van der Waals surface area contributed by atoms with Gasteiger partial charge in [-0.15, -0.1) is 22.9 Å². The Morgan fingerprint density at radius 3 is 3.00 bits per heavy atom. The van der Waals surface area contributed by atoms with Crippen LogP contribution in [-0.2, 0) is 12.8 Å². The topological polar surface area (TPSA) is 29.1 Å². The molecule has 0 spiro atoms. The van der Waals surface area contributed by atoms with Gasteiger partial charge in [0.15, 0.2) is 0 Å². The van der Waals surface area contributed by atoms with Crippen molar-refractivity contribution < 1.29 is 4.79 Å². The Kier molecular flexibility index (Phi) is 5.07. The van der Waals surface area contributed by atoms with Crippen molar-refractivity contribution in [3.63, 3.8) is 0 Å². The molecule has 1 aromatic rings. The van der Waals surface area contributed by atoms with Gasteiger partial charge in [0.25, 0.3) is 5.91 Å². The molecule has 1 amide bonds. The lowest BCUT2D eigenvalue weighted by molar-refractivity contribution is 0.0957. The van der Waals surface area contributed by atoms with Gasteiger partial charge < -0.3 is 5.32 Å². The lowest BCUT2D eigenvalue weighted by Gasteiger charge is -2.08. The first-order valence-electron chi connectivity index (χ1n) is 6.74. The second-order valence-electron chi connectivity index (χ2n) is 4.82. The highest BCUT2D eigenvalue weighted by Gasteiger charge is 2.17. The van der Waals surface area contributed by atoms with Crippen LogP contribution in [0.2, 0.25) is 0 Å². The zero-order chi connectivity index (χ0) is 13.0.